The Labute approximate surface area is 111 Å². The van der Waals surface area contributed by atoms with Crippen molar-refractivity contribution in [2.24, 2.45) is 0 Å². The van der Waals surface area contributed by atoms with Gasteiger partial charge in [-0.2, -0.15) is 0 Å². The smallest absolute Gasteiger partial charge is 0.0480 e. The highest BCUT2D eigenvalue weighted by Gasteiger charge is 1.99. The Morgan fingerprint density at radius 3 is 2.89 bits per heavy atom. The van der Waals surface area contributed by atoms with Crippen molar-refractivity contribution in [3.63, 3.8) is 0 Å². The molecule has 0 aliphatic carbocycles. The first-order chi connectivity index (χ1) is 8.93. The van der Waals surface area contributed by atoms with Crippen molar-refractivity contribution in [1.82, 2.24) is 9.88 Å². The molecule has 0 spiro atoms. The van der Waals surface area contributed by atoms with Crippen LogP contribution in [0.2, 0.25) is 0 Å². The van der Waals surface area contributed by atoms with Gasteiger partial charge in [0.25, 0.3) is 0 Å². The minimum atomic E-state index is 0.969. The van der Waals surface area contributed by atoms with E-state index >= 15 is 0 Å². The van der Waals surface area contributed by atoms with Gasteiger partial charge in [-0.3, -0.25) is 0 Å². The Balaban J connectivity index is 1.57. The zero-order chi connectivity index (χ0) is 12.2. The van der Waals surface area contributed by atoms with Crippen LogP contribution in [0.1, 0.15) is 4.88 Å². The third-order valence-electron chi connectivity index (χ3n) is 3.09. The molecule has 1 aromatic carbocycles. The van der Waals surface area contributed by atoms with Crippen LogP contribution in [-0.2, 0) is 13.1 Å². The van der Waals surface area contributed by atoms with Crippen molar-refractivity contribution in [2.45, 2.75) is 13.1 Å². The summed E-state index contributed by atoms with van der Waals surface area (Å²) >= 11 is 1.80. The Kier molecular flexibility index (Phi) is 3.44. The largest absolute Gasteiger partial charge is 0.346 e. The van der Waals surface area contributed by atoms with E-state index in [9.17, 15) is 0 Å². The van der Waals surface area contributed by atoms with E-state index in [0.29, 0.717) is 0 Å². The van der Waals surface area contributed by atoms with Crippen LogP contribution in [0.5, 0.6) is 0 Å². The summed E-state index contributed by atoms with van der Waals surface area (Å²) in [5.74, 6) is 0. The predicted molar refractivity (Wildman–Crippen MR) is 78.0 cm³/mol. The van der Waals surface area contributed by atoms with Crippen LogP contribution < -0.4 is 5.32 Å². The zero-order valence-electron chi connectivity index (χ0n) is 10.2. The SMILES string of the molecule is c1csc(CNCCn2ccc3ccccc32)c1. The third-order valence-corrected chi connectivity index (χ3v) is 3.97. The molecule has 0 saturated carbocycles. The van der Waals surface area contributed by atoms with E-state index in [1.54, 1.807) is 11.3 Å². The zero-order valence-corrected chi connectivity index (χ0v) is 11.0. The van der Waals surface area contributed by atoms with E-state index in [1.807, 2.05) is 0 Å². The normalized spacial score (nSPS) is 11.1. The maximum Gasteiger partial charge on any atom is 0.0480 e. The minimum Gasteiger partial charge on any atom is -0.346 e. The molecule has 2 nitrogen and oxygen atoms in total. The van der Waals surface area contributed by atoms with Gasteiger partial charge >= 0.3 is 0 Å². The minimum absolute atomic E-state index is 0.969. The molecule has 0 radical (unpaired) electrons. The number of nitrogens with one attached hydrogen (secondary N) is 1. The summed E-state index contributed by atoms with van der Waals surface area (Å²) in [5.41, 5.74) is 1.32. The molecular formula is C15H16N2S. The van der Waals surface area contributed by atoms with E-state index in [0.717, 1.165) is 19.6 Å². The van der Waals surface area contributed by atoms with Gasteiger partial charge in [-0.25, -0.2) is 0 Å². The highest BCUT2D eigenvalue weighted by Crippen LogP contribution is 2.14. The molecule has 92 valence electrons. The number of thiophene rings is 1. The van der Waals surface area contributed by atoms with Crippen LogP contribution in [0.15, 0.2) is 54.0 Å². The van der Waals surface area contributed by atoms with E-state index in [2.05, 4.69) is 63.9 Å². The van der Waals surface area contributed by atoms with Gasteiger partial charge in [0.1, 0.15) is 0 Å². The lowest BCUT2D eigenvalue weighted by molar-refractivity contribution is 0.613. The highest BCUT2D eigenvalue weighted by atomic mass is 32.1. The fourth-order valence-corrected chi connectivity index (χ4v) is 2.83. The lowest BCUT2D eigenvalue weighted by Gasteiger charge is -2.06. The molecule has 18 heavy (non-hydrogen) atoms. The van der Waals surface area contributed by atoms with Crippen LogP contribution in [0.25, 0.3) is 10.9 Å². The number of nitrogens with zero attached hydrogens (tertiary/aromatic N) is 1. The molecule has 0 atom stereocenters. The summed E-state index contributed by atoms with van der Waals surface area (Å²) in [6.45, 7) is 2.98. The number of benzene rings is 1. The number of hydrogen-bond donors (Lipinski definition) is 1. The van der Waals surface area contributed by atoms with Crippen molar-refractivity contribution >= 4 is 22.2 Å². The second-order valence-electron chi connectivity index (χ2n) is 4.32. The quantitative estimate of drug-likeness (QED) is 0.691. The number of rotatable bonds is 5. The standard InChI is InChI=1S/C15H16N2S/c1-2-6-15-13(4-1)7-9-17(15)10-8-16-12-14-5-3-11-18-14/h1-7,9,11,16H,8,10,12H2. The van der Waals surface area contributed by atoms with E-state index in [-0.39, 0.29) is 0 Å². The summed E-state index contributed by atoms with van der Waals surface area (Å²) in [4.78, 5) is 1.40. The first kappa shape index (κ1) is 11.5. The van der Waals surface area contributed by atoms with Crippen LogP contribution in [0, 0.1) is 0 Å². The van der Waals surface area contributed by atoms with E-state index < -0.39 is 0 Å². The van der Waals surface area contributed by atoms with Crippen LogP contribution in [0.3, 0.4) is 0 Å². The van der Waals surface area contributed by atoms with Gasteiger partial charge in [0.05, 0.1) is 0 Å². The van der Waals surface area contributed by atoms with Gasteiger partial charge in [0.2, 0.25) is 0 Å². The summed E-state index contributed by atoms with van der Waals surface area (Å²) in [5, 5.41) is 6.92. The fourth-order valence-electron chi connectivity index (χ4n) is 2.16. The van der Waals surface area contributed by atoms with Crippen LogP contribution in [0.4, 0.5) is 0 Å². The first-order valence-electron chi connectivity index (χ1n) is 6.20. The molecule has 3 rings (SSSR count). The summed E-state index contributed by atoms with van der Waals surface area (Å²) in [6.07, 6.45) is 2.16. The Bertz CT molecular complexity index is 610. The Morgan fingerprint density at radius 1 is 1.06 bits per heavy atom. The highest BCUT2D eigenvalue weighted by molar-refractivity contribution is 7.09. The number of para-hydroxylation sites is 1. The van der Waals surface area contributed by atoms with Crippen LogP contribution in [-0.4, -0.2) is 11.1 Å². The number of hydrogen-bond acceptors (Lipinski definition) is 2. The van der Waals surface area contributed by atoms with Gasteiger partial charge in [0.15, 0.2) is 0 Å². The average Bonchev–Trinajstić information content (AvgIpc) is 3.04. The maximum atomic E-state index is 3.48. The predicted octanol–water partition coefficient (Wildman–Crippen LogP) is 3.49. The Morgan fingerprint density at radius 2 is 2.00 bits per heavy atom. The lowest BCUT2D eigenvalue weighted by Crippen LogP contribution is -2.18. The fraction of sp³-hybridized carbons (Fsp3) is 0.200. The van der Waals surface area contributed by atoms with Crippen molar-refractivity contribution in [2.75, 3.05) is 6.54 Å². The third kappa shape index (κ3) is 2.47. The second-order valence-corrected chi connectivity index (χ2v) is 5.36. The summed E-state index contributed by atoms with van der Waals surface area (Å²) in [6, 6.07) is 15.0. The van der Waals surface area contributed by atoms with Crippen molar-refractivity contribution in [3.8, 4) is 0 Å². The molecule has 0 unspecified atom stereocenters. The summed E-state index contributed by atoms with van der Waals surface area (Å²) < 4.78 is 2.30. The van der Waals surface area contributed by atoms with Gasteiger partial charge in [0, 0.05) is 36.2 Å². The Hall–Kier alpha value is -1.58. The van der Waals surface area contributed by atoms with E-state index in [1.165, 1.54) is 15.8 Å². The molecule has 3 aromatic rings. The molecule has 0 amide bonds. The first-order valence-corrected chi connectivity index (χ1v) is 7.08. The topological polar surface area (TPSA) is 17.0 Å². The molecule has 0 fully saturated rings. The van der Waals surface area contributed by atoms with Gasteiger partial charge in [-0.05, 0) is 29.0 Å². The lowest BCUT2D eigenvalue weighted by atomic mass is 10.2. The molecule has 3 heteroatoms. The van der Waals surface area contributed by atoms with Crippen LogP contribution >= 0.6 is 11.3 Å². The molecule has 1 N–H and O–H groups in total. The monoisotopic (exact) mass is 256 g/mol. The maximum absolute atomic E-state index is 3.48. The molecule has 0 saturated heterocycles. The number of aromatic nitrogens is 1. The van der Waals surface area contributed by atoms with Crippen molar-refractivity contribution in [1.29, 1.82) is 0 Å². The van der Waals surface area contributed by atoms with Crippen molar-refractivity contribution < 1.29 is 0 Å². The molecule has 2 heterocycles. The summed E-state index contributed by atoms with van der Waals surface area (Å²) in [7, 11) is 0. The molecule has 0 aliphatic heterocycles. The molecule has 2 aromatic heterocycles. The molecule has 0 aliphatic rings. The number of fused-ring (bicyclic) bond motifs is 1. The second kappa shape index (κ2) is 5.38. The van der Waals surface area contributed by atoms with Gasteiger partial charge in [-0.15, -0.1) is 11.3 Å². The average molecular weight is 256 g/mol. The molecular weight excluding hydrogens is 240 g/mol. The van der Waals surface area contributed by atoms with Gasteiger partial charge < -0.3 is 9.88 Å². The van der Waals surface area contributed by atoms with Gasteiger partial charge in [-0.1, -0.05) is 24.3 Å². The van der Waals surface area contributed by atoms with Crippen molar-refractivity contribution in [3.05, 3.63) is 58.9 Å². The molecule has 0 bridgehead atoms. The van der Waals surface area contributed by atoms with E-state index in [4.69, 9.17) is 0 Å².